The number of fused-ring (bicyclic) bond motifs is 1. The Balaban J connectivity index is 1.90. The summed E-state index contributed by atoms with van der Waals surface area (Å²) in [6.07, 6.45) is -1.00. The summed E-state index contributed by atoms with van der Waals surface area (Å²) in [5.41, 5.74) is 1.49. The zero-order valence-corrected chi connectivity index (χ0v) is 14.0. The molecule has 25 heavy (non-hydrogen) atoms. The first-order chi connectivity index (χ1) is 12.1. The first-order valence-electron chi connectivity index (χ1n) is 7.89. The number of amides is 1. The number of aromatic nitrogens is 1. The Kier molecular flexibility index (Phi) is 4.75. The van der Waals surface area contributed by atoms with Gasteiger partial charge in [-0.2, -0.15) is 0 Å². The van der Waals surface area contributed by atoms with Gasteiger partial charge in [0.25, 0.3) is 5.91 Å². The minimum atomic E-state index is -1.00. The lowest BCUT2D eigenvalue weighted by Gasteiger charge is -2.21. The van der Waals surface area contributed by atoms with Crippen molar-refractivity contribution in [2.75, 3.05) is 14.1 Å². The van der Waals surface area contributed by atoms with Gasteiger partial charge in [0.15, 0.2) is 0 Å². The summed E-state index contributed by atoms with van der Waals surface area (Å²) >= 11 is 0. The highest BCUT2D eigenvalue weighted by Crippen LogP contribution is 2.21. The number of rotatable bonds is 4. The molecule has 2 aromatic carbocycles. The van der Waals surface area contributed by atoms with E-state index in [0.29, 0.717) is 11.1 Å². The summed E-state index contributed by atoms with van der Waals surface area (Å²) in [6, 6.07) is 19.9. The Hall–Kier alpha value is -3.21. The third-order valence-electron chi connectivity index (χ3n) is 3.80. The standard InChI is InChI=1S/C20H18N2O3/c1-22(2)19(23)18(15-9-4-3-5-10-15)25-20(24)17-13-12-14-8-6-7-11-16(14)21-17/h3-13,18H,1-2H3/t18-/m1/s1. The van der Waals surface area contributed by atoms with E-state index in [4.69, 9.17) is 4.74 Å². The highest BCUT2D eigenvalue weighted by atomic mass is 16.5. The number of para-hydroxylation sites is 1. The lowest BCUT2D eigenvalue weighted by atomic mass is 10.1. The topological polar surface area (TPSA) is 59.5 Å². The average molecular weight is 334 g/mol. The Labute approximate surface area is 145 Å². The van der Waals surface area contributed by atoms with E-state index < -0.39 is 12.1 Å². The largest absolute Gasteiger partial charge is 0.443 e. The van der Waals surface area contributed by atoms with E-state index in [1.165, 1.54) is 4.90 Å². The van der Waals surface area contributed by atoms with Crippen molar-refractivity contribution < 1.29 is 14.3 Å². The fraction of sp³-hybridized carbons (Fsp3) is 0.150. The zero-order chi connectivity index (χ0) is 17.8. The Morgan fingerprint density at radius 2 is 1.60 bits per heavy atom. The van der Waals surface area contributed by atoms with Gasteiger partial charge in [0.05, 0.1) is 5.52 Å². The maximum Gasteiger partial charge on any atom is 0.358 e. The van der Waals surface area contributed by atoms with Gasteiger partial charge in [-0.05, 0) is 12.1 Å². The van der Waals surface area contributed by atoms with Crippen LogP contribution in [0, 0.1) is 0 Å². The predicted molar refractivity (Wildman–Crippen MR) is 95.0 cm³/mol. The molecule has 0 aliphatic rings. The van der Waals surface area contributed by atoms with Crippen molar-refractivity contribution in [2.45, 2.75) is 6.10 Å². The number of carbonyl (C=O) groups is 2. The summed E-state index contributed by atoms with van der Waals surface area (Å²) in [4.78, 5) is 30.7. The second kappa shape index (κ2) is 7.13. The molecule has 0 aliphatic carbocycles. The first kappa shape index (κ1) is 16.6. The van der Waals surface area contributed by atoms with Crippen molar-refractivity contribution in [3.8, 4) is 0 Å². The van der Waals surface area contributed by atoms with Gasteiger partial charge >= 0.3 is 5.97 Å². The molecule has 1 amide bonds. The molecule has 1 atom stereocenters. The fourth-order valence-electron chi connectivity index (χ4n) is 2.47. The van der Waals surface area contributed by atoms with Gasteiger partial charge in [-0.3, -0.25) is 4.79 Å². The molecule has 0 bridgehead atoms. The minimum absolute atomic E-state index is 0.172. The number of hydrogen-bond acceptors (Lipinski definition) is 4. The van der Waals surface area contributed by atoms with Crippen LogP contribution in [-0.2, 0) is 9.53 Å². The SMILES string of the molecule is CN(C)C(=O)[C@H](OC(=O)c1ccc2ccccc2n1)c1ccccc1. The highest BCUT2D eigenvalue weighted by Gasteiger charge is 2.27. The molecule has 1 heterocycles. The Morgan fingerprint density at radius 1 is 0.920 bits per heavy atom. The van der Waals surface area contributed by atoms with Crippen LogP contribution in [0.5, 0.6) is 0 Å². The van der Waals surface area contributed by atoms with Crippen LogP contribution < -0.4 is 0 Å². The van der Waals surface area contributed by atoms with Crippen molar-refractivity contribution in [2.24, 2.45) is 0 Å². The van der Waals surface area contributed by atoms with Gasteiger partial charge < -0.3 is 9.64 Å². The Bertz CT molecular complexity index is 907. The van der Waals surface area contributed by atoms with Crippen LogP contribution in [0.2, 0.25) is 0 Å². The maximum atomic E-state index is 12.5. The van der Waals surface area contributed by atoms with Crippen molar-refractivity contribution >= 4 is 22.8 Å². The second-order valence-corrected chi connectivity index (χ2v) is 5.82. The molecule has 5 heteroatoms. The Morgan fingerprint density at radius 3 is 2.32 bits per heavy atom. The van der Waals surface area contributed by atoms with Crippen molar-refractivity contribution in [3.63, 3.8) is 0 Å². The summed E-state index contributed by atoms with van der Waals surface area (Å²) in [5, 5.41) is 0.933. The molecule has 1 aromatic heterocycles. The summed E-state index contributed by atoms with van der Waals surface area (Å²) < 4.78 is 5.50. The molecule has 0 unspecified atom stereocenters. The molecule has 0 spiro atoms. The third-order valence-corrected chi connectivity index (χ3v) is 3.80. The lowest BCUT2D eigenvalue weighted by Crippen LogP contribution is -2.31. The summed E-state index contributed by atoms with van der Waals surface area (Å²) in [7, 11) is 3.25. The normalized spacial score (nSPS) is 11.8. The molecular formula is C20H18N2O3. The molecule has 3 aromatic rings. The molecule has 0 saturated carbocycles. The van der Waals surface area contributed by atoms with Gasteiger partial charge in [-0.15, -0.1) is 0 Å². The van der Waals surface area contributed by atoms with E-state index in [2.05, 4.69) is 4.98 Å². The maximum absolute atomic E-state index is 12.5. The zero-order valence-electron chi connectivity index (χ0n) is 14.0. The van der Waals surface area contributed by atoms with Crippen LogP contribution in [0.3, 0.4) is 0 Å². The first-order valence-corrected chi connectivity index (χ1v) is 7.89. The van der Waals surface area contributed by atoms with Crippen LogP contribution in [0.25, 0.3) is 10.9 Å². The van der Waals surface area contributed by atoms with Crippen molar-refractivity contribution in [1.82, 2.24) is 9.88 Å². The second-order valence-electron chi connectivity index (χ2n) is 5.82. The van der Waals surface area contributed by atoms with E-state index in [9.17, 15) is 9.59 Å². The molecule has 126 valence electrons. The number of likely N-dealkylation sites (N-methyl/N-ethyl adjacent to an activating group) is 1. The highest BCUT2D eigenvalue weighted by molar-refractivity contribution is 5.93. The molecule has 5 nitrogen and oxygen atoms in total. The van der Waals surface area contributed by atoms with Gasteiger partial charge in [0, 0.05) is 25.0 Å². The average Bonchev–Trinajstić information content (AvgIpc) is 2.65. The summed E-state index contributed by atoms with van der Waals surface area (Å²) in [5.74, 6) is -0.935. The quantitative estimate of drug-likeness (QED) is 0.687. The summed E-state index contributed by atoms with van der Waals surface area (Å²) in [6.45, 7) is 0. The van der Waals surface area contributed by atoms with Gasteiger partial charge in [-0.1, -0.05) is 54.6 Å². The molecular weight excluding hydrogens is 316 g/mol. The predicted octanol–water partition coefficient (Wildman–Crippen LogP) is 3.22. The van der Waals surface area contributed by atoms with E-state index in [1.54, 1.807) is 44.4 Å². The van der Waals surface area contributed by atoms with Crippen LogP contribution in [-0.4, -0.2) is 35.9 Å². The van der Waals surface area contributed by atoms with Gasteiger partial charge in [0.1, 0.15) is 5.69 Å². The fourth-order valence-corrected chi connectivity index (χ4v) is 2.47. The molecule has 3 rings (SSSR count). The molecule has 0 fully saturated rings. The number of esters is 1. The third kappa shape index (κ3) is 3.66. The van der Waals surface area contributed by atoms with Crippen LogP contribution in [0.4, 0.5) is 0 Å². The van der Waals surface area contributed by atoms with E-state index in [1.807, 2.05) is 36.4 Å². The number of hydrogen-bond donors (Lipinski definition) is 0. The van der Waals surface area contributed by atoms with E-state index in [0.717, 1.165) is 5.39 Å². The van der Waals surface area contributed by atoms with Gasteiger partial charge in [-0.25, -0.2) is 9.78 Å². The molecule has 0 radical (unpaired) electrons. The molecule has 0 aliphatic heterocycles. The van der Waals surface area contributed by atoms with Crippen molar-refractivity contribution in [1.29, 1.82) is 0 Å². The van der Waals surface area contributed by atoms with Crippen LogP contribution >= 0.6 is 0 Å². The molecule has 0 saturated heterocycles. The van der Waals surface area contributed by atoms with Crippen LogP contribution in [0.1, 0.15) is 22.2 Å². The number of nitrogens with zero attached hydrogens (tertiary/aromatic N) is 2. The monoisotopic (exact) mass is 334 g/mol. The van der Waals surface area contributed by atoms with E-state index in [-0.39, 0.29) is 11.6 Å². The van der Waals surface area contributed by atoms with Crippen LogP contribution in [0.15, 0.2) is 66.7 Å². The lowest BCUT2D eigenvalue weighted by molar-refractivity contribution is -0.138. The van der Waals surface area contributed by atoms with E-state index >= 15 is 0 Å². The van der Waals surface area contributed by atoms with Crippen molar-refractivity contribution in [3.05, 3.63) is 78.0 Å². The van der Waals surface area contributed by atoms with Gasteiger partial charge in [0.2, 0.25) is 6.10 Å². The minimum Gasteiger partial charge on any atom is -0.443 e. The number of ether oxygens (including phenoxy) is 1. The number of carbonyl (C=O) groups excluding carboxylic acids is 2. The number of pyridine rings is 1. The smallest absolute Gasteiger partial charge is 0.358 e. The number of benzene rings is 2. The molecule has 0 N–H and O–H groups in total.